The number of cyclic esters (lactones) is 1. The number of fused-ring (bicyclic) bond motifs is 1. The molecule has 2 N–H and O–H groups in total. The van der Waals surface area contributed by atoms with Crippen molar-refractivity contribution in [1.82, 2.24) is 10.3 Å². The van der Waals surface area contributed by atoms with E-state index in [2.05, 4.69) is 15.6 Å². The van der Waals surface area contributed by atoms with Gasteiger partial charge >= 0.3 is 12.0 Å². The molecule has 0 spiro atoms. The standard InChI is InChI=1S/C17H21N3O4/c1-9-7-12(14(21)23-9)20-16(22)18-10-5-6-13-11(8-10)19-15(24-13)17(2,3)4/h5-6,8-9,12H,7H2,1-4H3,(H2,18,20,22). The lowest BCUT2D eigenvalue weighted by molar-refractivity contribution is -0.142. The number of hydrogen-bond donors (Lipinski definition) is 2. The molecule has 7 heteroatoms. The summed E-state index contributed by atoms with van der Waals surface area (Å²) in [6, 6.07) is 4.17. The molecule has 1 aromatic heterocycles. The van der Waals surface area contributed by atoms with Crippen LogP contribution in [0.2, 0.25) is 0 Å². The van der Waals surface area contributed by atoms with E-state index in [1.54, 1.807) is 25.1 Å². The van der Waals surface area contributed by atoms with E-state index in [9.17, 15) is 9.59 Å². The van der Waals surface area contributed by atoms with Gasteiger partial charge in [-0.05, 0) is 25.1 Å². The van der Waals surface area contributed by atoms with Crippen LogP contribution in [0.3, 0.4) is 0 Å². The molecule has 2 aromatic rings. The van der Waals surface area contributed by atoms with E-state index >= 15 is 0 Å². The number of benzene rings is 1. The number of rotatable bonds is 2. The number of urea groups is 1. The molecule has 3 rings (SSSR count). The van der Waals surface area contributed by atoms with Gasteiger partial charge in [0.1, 0.15) is 17.7 Å². The van der Waals surface area contributed by atoms with Crippen molar-refractivity contribution >= 4 is 28.8 Å². The average molecular weight is 331 g/mol. The van der Waals surface area contributed by atoms with Crippen molar-refractivity contribution < 1.29 is 18.7 Å². The maximum atomic E-state index is 12.0. The number of carbonyl (C=O) groups is 2. The zero-order chi connectivity index (χ0) is 17.5. The predicted molar refractivity (Wildman–Crippen MR) is 88.8 cm³/mol. The molecule has 1 aromatic carbocycles. The van der Waals surface area contributed by atoms with Crippen molar-refractivity contribution in [2.45, 2.75) is 51.7 Å². The van der Waals surface area contributed by atoms with Crippen LogP contribution in [-0.2, 0) is 14.9 Å². The number of ether oxygens (including phenoxy) is 1. The molecule has 0 saturated carbocycles. The number of aromatic nitrogens is 1. The van der Waals surface area contributed by atoms with Crippen LogP contribution in [0.15, 0.2) is 22.6 Å². The van der Waals surface area contributed by atoms with Crippen molar-refractivity contribution in [2.24, 2.45) is 0 Å². The Labute approximate surface area is 139 Å². The Bertz CT molecular complexity index is 791. The monoisotopic (exact) mass is 331 g/mol. The van der Waals surface area contributed by atoms with Gasteiger partial charge in [-0.1, -0.05) is 20.8 Å². The molecule has 2 unspecified atom stereocenters. The van der Waals surface area contributed by atoms with E-state index in [0.717, 1.165) is 0 Å². The third kappa shape index (κ3) is 3.34. The average Bonchev–Trinajstić information content (AvgIpc) is 3.01. The lowest BCUT2D eigenvalue weighted by atomic mass is 9.97. The molecule has 1 aliphatic heterocycles. The van der Waals surface area contributed by atoms with Crippen LogP contribution in [0.25, 0.3) is 11.1 Å². The fourth-order valence-corrected chi connectivity index (χ4v) is 2.53. The van der Waals surface area contributed by atoms with E-state index in [1.165, 1.54) is 0 Å². The molecule has 24 heavy (non-hydrogen) atoms. The van der Waals surface area contributed by atoms with E-state index in [-0.39, 0.29) is 11.5 Å². The van der Waals surface area contributed by atoms with Gasteiger partial charge in [0.25, 0.3) is 0 Å². The Morgan fingerprint density at radius 2 is 2.08 bits per heavy atom. The van der Waals surface area contributed by atoms with Gasteiger partial charge in [-0.25, -0.2) is 14.6 Å². The fraction of sp³-hybridized carbons (Fsp3) is 0.471. The van der Waals surface area contributed by atoms with Gasteiger partial charge in [0.05, 0.1) is 0 Å². The van der Waals surface area contributed by atoms with Gasteiger partial charge in [-0.2, -0.15) is 0 Å². The second-order valence-corrected chi connectivity index (χ2v) is 7.09. The minimum absolute atomic E-state index is 0.176. The summed E-state index contributed by atoms with van der Waals surface area (Å²) < 4.78 is 10.7. The lowest BCUT2D eigenvalue weighted by Crippen LogP contribution is -2.40. The highest BCUT2D eigenvalue weighted by molar-refractivity contribution is 5.94. The minimum Gasteiger partial charge on any atom is -0.461 e. The van der Waals surface area contributed by atoms with E-state index < -0.39 is 18.0 Å². The molecule has 7 nitrogen and oxygen atoms in total. The Balaban J connectivity index is 1.71. The predicted octanol–water partition coefficient (Wildman–Crippen LogP) is 2.95. The molecule has 1 fully saturated rings. The van der Waals surface area contributed by atoms with E-state index in [4.69, 9.17) is 9.15 Å². The summed E-state index contributed by atoms with van der Waals surface area (Å²) in [4.78, 5) is 28.1. The molecular formula is C17H21N3O4. The quantitative estimate of drug-likeness (QED) is 0.825. The smallest absolute Gasteiger partial charge is 0.329 e. The summed E-state index contributed by atoms with van der Waals surface area (Å²) >= 11 is 0. The molecular weight excluding hydrogens is 310 g/mol. The van der Waals surface area contributed by atoms with Crippen molar-refractivity contribution in [3.63, 3.8) is 0 Å². The summed E-state index contributed by atoms with van der Waals surface area (Å²) in [5.74, 6) is 0.237. The first-order chi connectivity index (χ1) is 11.2. The largest absolute Gasteiger partial charge is 0.461 e. The molecule has 128 valence electrons. The molecule has 2 amide bonds. The Hall–Kier alpha value is -2.57. The van der Waals surface area contributed by atoms with Crippen LogP contribution in [0.5, 0.6) is 0 Å². The van der Waals surface area contributed by atoms with E-state index in [1.807, 2.05) is 20.8 Å². The Kier molecular flexibility index (Phi) is 3.95. The second kappa shape index (κ2) is 5.81. The Morgan fingerprint density at radius 1 is 1.33 bits per heavy atom. The molecule has 2 atom stereocenters. The minimum atomic E-state index is -0.608. The maximum absolute atomic E-state index is 12.0. The highest BCUT2D eigenvalue weighted by Gasteiger charge is 2.33. The highest BCUT2D eigenvalue weighted by Crippen LogP contribution is 2.27. The van der Waals surface area contributed by atoms with Crippen LogP contribution in [0.1, 0.15) is 40.0 Å². The van der Waals surface area contributed by atoms with Crippen LogP contribution in [0.4, 0.5) is 10.5 Å². The molecule has 1 saturated heterocycles. The number of carbonyl (C=O) groups excluding carboxylic acids is 2. The van der Waals surface area contributed by atoms with Crippen molar-refractivity contribution in [3.8, 4) is 0 Å². The van der Waals surface area contributed by atoms with Gasteiger partial charge < -0.3 is 19.8 Å². The first-order valence-electron chi connectivity index (χ1n) is 7.91. The third-order valence-electron chi connectivity index (χ3n) is 3.76. The summed E-state index contributed by atoms with van der Waals surface area (Å²) in [7, 11) is 0. The van der Waals surface area contributed by atoms with Gasteiger partial charge in [0.2, 0.25) is 5.89 Å². The van der Waals surface area contributed by atoms with Crippen molar-refractivity contribution in [2.75, 3.05) is 5.32 Å². The molecule has 0 bridgehead atoms. The second-order valence-electron chi connectivity index (χ2n) is 7.09. The summed E-state index contributed by atoms with van der Waals surface area (Å²) in [6.07, 6.45) is 0.300. The molecule has 2 heterocycles. The molecule has 0 radical (unpaired) electrons. The number of nitrogens with one attached hydrogen (secondary N) is 2. The van der Waals surface area contributed by atoms with Crippen molar-refractivity contribution in [1.29, 1.82) is 0 Å². The number of esters is 1. The highest BCUT2D eigenvalue weighted by atomic mass is 16.6. The zero-order valence-corrected chi connectivity index (χ0v) is 14.2. The van der Waals surface area contributed by atoms with Crippen LogP contribution in [-0.4, -0.2) is 29.1 Å². The SMILES string of the molecule is CC1CC(NC(=O)Nc2ccc3oc(C(C)(C)C)nc3c2)C(=O)O1. The van der Waals surface area contributed by atoms with Gasteiger partial charge in [0.15, 0.2) is 5.58 Å². The van der Waals surface area contributed by atoms with Gasteiger partial charge in [0, 0.05) is 17.5 Å². The van der Waals surface area contributed by atoms with Crippen molar-refractivity contribution in [3.05, 3.63) is 24.1 Å². The number of hydrogen-bond acceptors (Lipinski definition) is 5. The van der Waals surface area contributed by atoms with Gasteiger partial charge in [-0.3, -0.25) is 0 Å². The summed E-state index contributed by atoms with van der Waals surface area (Å²) in [5.41, 5.74) is 1.72. The number of anilines is 1. The lowest BCUT2D eigenvalue weighted by Gasteiger charge is -2.11. The first-order valence-corrected chi connectivity index (χ1v) is 7.91. The van der Waals surface area contributed by atoms with Crippen LogP contribution >= 0.6 is 0 Å². The normalized spacial score (nSPS) is 20.9. The number of amides is 2. The Morgan fingerprint density at radius 3 is 2.71 bits per heavy atom. The number of oxazole rings is 1. The van der Waals surface area contributed by atoms with Gasteiger partial charge in [-0.15, -0.1) is 0 Å². The maximum Gasteiger partial charge on any atom is 0.329 e. The summed E-state index contributed by atoms with van der Waals surface area (Å²) in [6.45, 7) is 7.85. The first kappa shape index (κ1) is 16.3. The topological polar surface area (TPSA) is 93.5 Å². The van der Waals surface area contributed by atoms with E-state index in [0.29, 0.717) is 29.1 Å². The summed E-state index contributed by atoms with van der Waals surface area (Å²) in [5, 5.41) is 5.32. The molecule has 1 aliphatic rings. The fourth-order valence-electron chi connectivity index (χ4n) is 2.53. The van der Waals surface area contributed by atoms with Crippen LogP contribution in [0, 0.1) is 0 Å². The molecule has 0 aliphatic carbocycles. The van der Waals surface area contributed by atoms with Crippen LogP contribution < -0.4 is 10.6 Å². The third-order valence-corrected chi connectivity index (χ3v) is 3.76. The number of nitrogens with zero attached hydrogens (tertiary/aromatic N) is 1. The zero-order valence-electron chi connectivity index (χ0n) is 14.2.